The van der Waals surface area contributed by atoms with Crippen molar-refractivity contribution in [1.82, 2.24) is 0 Å². The van der Waals surface area contributed by atoms with E-state index in [1.807, 2.05) is 24.3 Å². The summed E-state index contributed by atoms with van der Waals surface area (Å²) < 4.78 is 0. The third-order valence-corrected chi connectivity index (χ3v) is 2.73. The summed E-state index contributed by atoms with van der Waals surface area (Å²) in [6.45, 7) is 6.18. The lowest BCUT2D eigenvalue weighted by molar-refractivity contribution is -0.117. The fraction of sp³-hybridized carbons (Fsp3) is 0.462. The number of hydrogen-bond donors (Lipinski definition) is 1. The van der Waals surface area contributed by atoms with E-state index in [0.717, 1.165) is 16.6 Å². The summed E-state index contributed by atoms with van der Waals surface area (Å²) in [6.07, 6.45) is 0.531. The van der Waals surface area contributed by atoms with E-state index in [0.29, 0.717) is 6.42 Å². The van der Waals surface area contributed by atoms with E-state index >= 15 is 0 Å². The van der Waals surface area contributed by atoms with Gasteiger partial charge in [-0.25, -0.2) is 0 Å². The number of anilines is 1. The molecule has 1 rings (SSSR count). The molecule has 0 saturated carbocycles. The van der Waals surface area contributed by atoms with Crippen molar-refractivity contribution in [2.45, 2.75) is 32.5 Å². The molecule has 1 amide bonds. The predicted molar refractivity (Wildman–Crippen MR) is 71.8 cm³/mol. The third kappa shape index (κ3) is 4.35. The van der Waals surface area contributed by atoms with Gasteiger partial charge in [0.05, 0.1) is 0 Å². The fourth-order valence-electron chi connectivity index (χ4n) is 1.43. The zero-order chi connectivity index (χ0) is 12.2. The van der Waals surface area contributed by atoms with Crippen molar-refractivity contribution < 1.29 is 4.79 Å². The molecule has 0 radical (unpaired) electrons. The molecule has 0 saturated heterocycles. The highest BCUT2D eigenvalue weighted by Gasteiger charge is 2.16. The average Bonchev–Trinajstić information content (AvgIpc) is 2.15. The monoisotopic (exact) mass is 283 g/mol. The first-order chi connectivity index (χ1) is 7.42. The van der Waals surface area contributed by atoms with Crippen LogP contribution in [0.1, 0.15) is 32.8 Å². The predicted octanol–water partition coefficient (Wildman–Crippen LogP) is 3.96. The molecule has 0 heterocycles. The summed E-state index contributed by atoms with van der Waals surface area (Å²) in [7, 11) is 0. The lowest BCUT2D eigenvalue weighted by Gasteiger charge is -2.18. The molecular formula is C13H18BrNO. The number of carbonyl (C=O) groups excluding carboxylic acids is 1. The van der Waals surface area contributed by atoms with E-state index in [9.17, 15) is 4.79 Å². The van der Waals surface area contributed by atoms with Crippen molar-refractivity contribution in [3.05, 3.63) is 29.8 Å². The molecular weight excluding hydrogens is 266 g/mol. The number of para-hydroxylation sites is 1. The Labute approximate surface area is 106 Å². The smallest absolute Gasteiger partial charge is 0.224 e. The molecule has 0 aromatic heterocycles. The van der Waals surface area contributed by atoms with Crippen LogP contribution in [0.2, 0.25) is 0 Å². The quantitative estimate of drug-likeness (QED) is 0.836. The van der Waals surface area contributed by atoms with E-state index < -0.39 is 0 Å². The second-order valence-electron chi connectivity index (χ2n) is 5.08. The Morgan fingerprint density at radius 2 is 1.94 bits per heavy atom. The summed E-state index contributed by atoms with van der Waals surface area (Å²) in [4.78, 5) is 11.8. The summed E-state index contributed by atoms with van der Waals surface area (Å²) in [5.74, 6) is 0.0703. The van der Waals surface area contributed by atoms with E-state index in [2.05, 4.69) is 42.0 Å². The second kappa shape index (κ2) is 5.48. The molecule has 3 heteroatoms. The lowest BCUT2D eigenvalue weighted by Crippen LogP contribution is -2.20. The highest BCUT2D eigenvalue weighted by Crippen LogP contribution is 2.22. The van der Waals surface area contributed by atoms with Gasteiger partial charge in [0.15, 0.2) is 0 Å². The minimum atomic E-state index is 0.0213. The van der Waals surface area contributed by atoms with E-state index in [4.69, 9.17) is 0 Å². The molecule has 88 valence electrons. The number of benzene rings is 1. The van der Waals surface area contributed by atoms with E-state index in [1.165, 1.54) is 0 Å². The number of hydrogen-bond acceptors (Lipinski definition) is 1. The van der Waals surface area contributed by atoms with Gasteiger partial charge in [-0.1, -0.05) is 54.9 Å². The Balaban J connectivity index is 2.70. The van der Waals surface area contributed by atoms with Gasteiger partial charge in [0, 0.05) is 17.4 Å². The van der Waals surface area contributed by atoms with Crippen LogP contribution < -0.4 is 5.32 Å². The third-order valence-electron chi connectivity index (χ3n) is 2.13. The molecule has 0 atom stereocenters. The highest BCUT2D eigenvalue weighted by molar-refractivity contribution is 9.08. The molecule has 0 aliphatic rings. The Kier molecular flexibility index (Phi) is 4.54. The van der Waals surface area contributed by atoms with Crippen molar-refractivity contribution in [3.63, 3.8) is 0 Å². The van der Waals surface area contributed by atoms with Crippen LogP contribution in [0.4, 0.5) is 5.69 Å². The lowest BCUT2D eigenvalue weighted by atomic mass is 9.92. The molecule has 1 N–H and O–H groups in total. The van der Waals surface area contributed by atoms with Crippen LogP contribution in [0, 0.1) is 5.41 Å². The molecule has 2 nitrogen and oxygen atoms in total. The largest absolute Gasteiger partial charge is 0.326 e. The Morgan fingerprint density at radius 3 is 2.50 bits per heavy atom. The molecule has 0 aliphatic heterocycles. The molecule has 0 fully saturated rings. The van der Waals surface area contributed by atoms with Crippen molar-refractivity contribution in [1.29, 1.82) is 0 Å². The first kappa shape index (κ1) is 13.2. The number of halogens is 1. The van der Waals surface area contributed by atoms with Crippen molar-refractivity contribution in [3.8, 4) is 0 Å². The highest BCUT2D eigenvalue weighted by atomic mass is 79.9. The molecule has 1 aromatic carbocycles. The molecule has 16 heavy (non-hydrogen) atoms. The van der Waals surface area contributed by atoms with Gasteiger partial charge in [0.1, 0.15) is 0 Å². The summed E-state index contributed by atoms with van der Waals surface area (Å²) >= 11 is 3.41. The van der Waals surface area contributed by atoms with Gasteiger partial charge in [-0.05, 0) is 17.0 Å². The zero-order valence-corrected chi connectivity index (χ0v) is 11.6. The topological polar surface area (TPSA) is 29.1 Å². The van der Waals surface area contributed by atoms with Crippen molar-refractivity contribution in [2.24, 2.45) is 5.41 Å². The van der Waals surface area contributed by atoms with Crippen LogP contribution in [0.25, 0.3) is 0 Å². The van der Waals surface area contributed by atoms with Crippen LogP contribution in [0.5, 0.6) is 0 Å². The van der Waals surface area contributed by atoms with Crippen LogP contribution in [-0.2, 0) is 10.1 Å². The zero-order valence-electron chi connectivity index (χ0n) is 10.0. The van der Waals surface area contributed by atoms with Gasteiger partial charge >= 0.3 is 0 Å². The van der Waals surface area contributed by atoms with Gasteiger partial charge in [-0.3, -0.25) is 4.79 Å². The molecule has 0 bridgehead atoms. The molecule has 0 unspecified atom stereocenters. The average molecular weight is 284 g/mol. The van der Waals surface area contributed by atoms with E-state index in [1.54, 1.807) is 0 Å². The summed E-state index contributed by atoms with van der Waals surface area (Å²) in [5, 5.41) is 3.70. The van der Waals surface area contributed by atoms with Crippen molar-refractivity contribution in [2.75, 3.05) is 5.32 Å². The van der Waals surface area contributed by atoms with Gasteiger partial charge < -0.3 is 5.32 Å². The maximum Gasteiger partial charge on any atom is 0.224 e. The van der Waals surface area contributed by atoms with Gasteiger partial charge in [0.2, 0.25) is 5.91 Å². The first-order valence-corrected chi connectivity index (χ1v) is 6.48. The second-order valence-corrected chi connectivity index (χ2v) is 5.64. The van der Waals surface area contributed by atoms with Gasteiger partial charge in [-0.2, -0.15) is 0 Å². The summed E-state index contributed by atoms with van der Waals surface area (Å²) in [5.41, 5.74) is 2.02. The van der Waals surface area contributed by atoms with Gasteiger partial charge in [0.25, 0.3) is 0 Å². The first-order valence-electron chi connectivity index (χ1n) is 5.36. The van der Waals surface area contributed by atoms with E-state index in [-0.39, 0.29) is 11.3 Å². The Morgan fingerprint density at radius 1 is 1.31 bits per heavy atom. The van der Waals surface area contributed by atoms with Gasteiger partial charge in [-0.15, -0.1) is 0 Å². The minimum absolute atomic E-state index is 0.0213. The SMILES string of the molecule is CC(C)(C)CC(=O)Nc1ccccc1CBr. The summed E-state index contributed by atoms with van der Waals surface area (Å²) in [6, 6.07) is 7.83. The Hall–Kier alpha value is -0.830. The van der Waals surface area contributed by atoms with Crippen LogP contribution in [0.15, 0.2) is 24.3 Å². The number of rotatable bonds is 3. The fourth-order valence-corrected chi connectivity index (χ4v) is 1.92. The number of nitrogens with one attached hydrogen (secondary N) is 1. The van der Waals surface area contributed by atoms with Crippen molar-refractivity contribution >= 4 is 27.5 Å². The maximum atomic E-state index is 11.8. The number of alkyl halides is 1. The van der Waals surface area contributed by atoms with Crippen LogP contribution >= 0.6 is 15.9 Å². The number of carbonyl (C=O) groups is 1. The maximum absolute atomic E-state index is 11.8. The molecule has 1 aromatic rings. The van der Waals surface area contributed by atoms with Crippen LogP contribution in [-0.4, -0.2) is 5.91 Å². The minimum Gasteiger partial charge on any atom is -0.326 e. The number of amides is 1. The normalized spacial score (nSPS) is 11.2. The molecule has 0 aliphatic carbocycles. The standard InChI is InChI=1S/C13H18BrNO/c1-13(2,3)8-12(16)15-11-7-5-4-6-10(11)9-14/h4-7H,8-9H2,1-3H3,(H,15,16). The Bertz CT molecular complexity index is 368. The molecule has 0 spiro atoms. The van der Waals surface area contributed by atoms with Crippen LogP contribution in [0.3, 0.4) is 0 Å².